The van der Waals surface area contributed by atoms with Crippen LogP contribution in [-0.4, -0.2) is 35.5 Å². The van der Waals surface area contributed by atoms with Gasteiger partial charge in [-0.1, -0.05) is 0 Å². The van der Waals surface area contributed by atoms with Crippen molar-refractivity contribution in [2.45, 2.75) is 51.8 Å². The van der Waals surface area contributed by atoms with Gasteiger partial charge in [-0.3, -0.25) is 19.7 Å². The summed E-state index contributed by atoms with van der Waals surface area (Å²) in [4.78, 5) is 47.6. The molecule has 1 atom stereocenters. The van der Waals surface area contributed by atoms with E-state index < -0.39 is 29.6 Å². The number of amides is 4. The number of ether oxygens (including phenoxy) is 1. The van der Waals surface area contributed by atoms with E-state index in [1.165, 1.54) is 11.3 Å². The van der Waals surface area contributed by atoms with Crippen LogP contribution in [0.1, 0.15) is 48.8 Å². The van der Waals surface area contributed by atoms with E-state index in [9.17, 15) is 19.2 Å². The number of rotatable bonds is 4. The van der Waals surface area contributed by atoms with Gasteiger partial charge in [0.05, 0.1) is 12.1 Å². The molecule has 8 nitrogen and oxygen atoms in total. The Hall–Kier alpha value is -2.42. The van der Waals surface area contributed by atoms with Crippen LogP contribution in [-0.2, 0) is 20.9 Å². The van der Waals surface area contributed by atoms with Gasteiger partial charge in [0, 0.05) is 11.3 Å². The minimum absolute atomic E-state index is 0.144. The molecule has 0 aliphatic carbocycles. The first-order valence-electron chi connectivity index (χ1n) is 7.83. The molecule has 2 rings (SSSR count). The summed E-state index contributed by atoms with van der Waals surface area (Å²) < 4.78 is 5.15. The molecule has 0 aromatic carbocycles. The second-order valence-electron chi connectivity index (χ2n) is 6.59. The first-order chi connectivity index (χ1) is 11.7. The van der Waals surface area contributed by atoms with Gasteiger partial charge in [-0.25, -0.2) is 4.79 Å². The molecule has 1 saturated heterocycles. The van der Waals surface area contributed by atoms with Crippen LogP contribution in [0, 0.1) is 0 Å². The van der Waals surface area contributed by atoms with Crippen molar-refractivity contribution in [2.24, 2.45) is 0 Å². The number of carbonyl (C=O) groups is 4. The predicted molar refractivity (Wildman–Crippen MR) is 91.0 cm³/mol. The Morgan fingerprint density at radius 2 is 2.08 bits per heavy atom. The molecule has 1 aromatic rings. The minimum atomic E-state index is -0.739. The van der Waals surface area contributed by atoms with Crippen molar-refractivity contribution in [2.75, 3.05) is 0 Å². The van der Waals surface area contributed by atoms with E-state index in [4.69, 9.17) is 4.74 Å². The van der Waals surface area contributed by atoms with Gasteiger partial charge in [-0.2, -0.15) is 0 Å². The fraction of sp³-hybridized carbons (Fsp3) is 0.500. The number of hydrogen-bond acceptors (Lipinski definition) is 6. The van der Waals surface area contributed by atoms with Gasteiger partial charge in [0.2, 0.25) is 11.8 Å². The van der Waals surface area contributed by atoms with Gasteiger partial charge in [0.1, 0.15) is 11.6 Å². The third-order valence-electron chi connectivity index (χ3n) is 3.33. The van der Waals surface area contributed by atoms with E-state index in [2.05, 4.69) is 16.0 Å². The molecule has 1 aliphatic heterocycles. The summed E-state index contributed by atoms with van der Waals surface area (Å²) in [6.07, 6.45) is -0.114. The first kappa shape index (κ1) is 18.9. The molecule has 1 fully saturated rings. The molecule has 0 saturated carbocycles. The fourth-order valence-corrected chi connectivity index (χ4v) is 3.03. The van der Waals surface area contributed by atoms with Gasteiger partial charge in [-0.05, 0) is 38.6 Å². The highest BCUT2D eigenvalue weighted by Gasteiger charge is 2.28. The zero-order chi connectivity index (χ0) is 18.6. The number of nitrogens with one attached hydrogen (secondary N) is 3. The van der Waals surface area contributed by atoms with Crippen molar-refractivity contribution < 1.29 is 23.9 Å². The van der Waals surface area contributed by atoms with E-state index in [1.807, 2.05) is 0 Å². The molecule has 9 heteroatoms. The average molecular weight is 367 g/mol. The monoisotopic (exact) mass is 367 g/mol. The Bertz CT molecular complexity index is 692. The molecule has 1 aromatic heterocycles. The second kappa shape index (κ2) is 7.64. The molecule has 1 aliphatic rings. The maximum absolute atomic E-state index is 12.4. The second-order valence-corrected chi connectivity index (χ2v) is 7.59. The van der Waals surface area contributed by atoms with Crippen molar-refractivity contribution in [3.8, 4) is 0 Å². The van der Waals surface area contributed by atoms with Crippen molar-refractivity contribution in [1.29, 1.82) is 0 Å². The SMILES string of the molecule is CC(C)(C)OC(=O)NCc1sccc1C(=O)NC1CCC(=O)NC1=O. The minimum Gasteiger partial charge on any atom is -0.444 e. The quantitative estimate of drug-likeness (QED) is 0.694. The maximum Gasteiger partial charge on any atom is 0.407 e. The summed E-state index contributed by atoms with van der Waals surface area (Å²) >= 11 is 1.32. The number of thiophene rings is 1. The summed E-state index contributed by atoms with van der Waals surface area (Å²) in [7, 11) is 0. The molecule has 0 bridgehead atoms. The van der Waals surface area contributed by atoms with Crippen LogP contribution in [0.15, 0.2) is 11.4 Å². The fourth-order valence-electron chi connectivity index (χ4n) is 2.21. The Labute approximate surface area is 149 Å². The first-order valence-corrected chi connectivity index (χ1v) is 8.71. The summed E-state index contributed by atoms with van der Waals surface area (Å²) in [5, 5.41) is 9.14. The van der Waals surface area contributed by atoms with E-state index in [0.717, 1.165) is 0 Å². The summed E-state index contributed by atoms with van der Waals surface area (Å²) in [6, 6.07) is 0.884. The normalized spacial score (nSPS) is 17.6. The maximum atomic E-state index is 12.4. The zero-order valence-electron chi connectivity index (χ0n) is 14.3. The number of carbonyl (C=O) groups excluding carboxylic acids is 4. The average Bonchev–Trinajstić information content (AvgIpc) is 2.95. The van der Waals surface area contributed by atoms with Gasteiger partial charge in [-0.15, -0.1) is 11.3 Å². The molecule has 136 valence electrons. The van der Waals surface area contributed by atoms with Crippen molar-refractivity contribution in [3.63, 3.8) is 0 Å². The largest absolute Gasteiger partial charge is 0.444 e. The molecule has 0 spiro atoms. The highest BCUT2D eigenvalue weighted by Crippen LogP contribution is 2.18. The molecular weight excluding hydrogens is 346 g/mol. The number of imide groups is 1. The number of hydrogen-bond donors (Lipinski definition) is 3. The topological polar surface area (TPSA) is 114 Å². The van der Waals surface area contributed by atoms with Crippen molar-refractivity contribution in [1.82, 2.24) is 16.0 Å². The van der Waals surface area contributed by atoms with Crippen LogP contribution in [0.25, 0.3) is 0 Å². The molecule has 0 radical (unpaired) electrons. The highest BCUT2D eigenvalue weighted by molar-refractivity contribution is 7.10. The Balaban J connectivity index is 1.94. The number of piperidine rings is 1. The lowest BCUT2D eigenvalue weighted by atomic mass is 10.1. The number of alkyl carbamates (subject to hydrolysis) is 1. The van der Waals surface area contributed by atoms with E-state index >= 15 is 0 Å². The summed E-state index contributed by atoms with van der Waals surface area (Å²) in [5.74, 6) is -1.27. The van der Waals surface area contributed by atoms with Gasteiger partial charge in [0.25, 0.3) is 5.91 Å². The molecule has 1 unspecified atom stereocenters. The highest BCUT2D eigenvalue weighted by atomic mass is 32.1. The Morgan fingerprint density at radius 3 is 2.72 bits per heavy atom. The third-order valence-corrected chi connectivity index (χ3v) is 4.25. The molecule has 2 heterocycles. The zero-order valence-corrected chi connectivity index (χ0v) is 15.1. The van der Waals surface area contributed by atoms with Crippen LogP contribution in [0.3, 0.4) is 0 Å². The standard InChI is InChI=1S/C16H21N3O5S/c1-16(2,3)24-15(23)17-8-11-9(6-7-25-11)13(21)18-10-4-5-12(20)19-14(10)22/h6-7,10H,4-5,8H2,1-3H3,(H,17,23)(H,18,21)(H,19,20,22). The molecular formula is C16H21N3O5S. The third kappa shape index (κ3) is 5.56. The van der Waals surface area contributed by atoms with Gasteiger partial charge < -0.3 is 15.4 Å². The van der Waals surface area contributed by atoms with Crippen LogP contribution in [0.4, 0.5) is 4.79 Å². The summed E-state index contributed by atoms with van der Waals surface area (Å²) in [6.45, 7) is 5.42. The lowest BCUT2D eigenvalue weighted by Crippen LogP contribution is -2.52. The lowest BCUT2D eigenvalue weighted by Gasteiger charge is -2.22. The predicted octanol–water partition coefficient (Wildman–Crippen LogP) is 1.31. The smallest absolute Gasteiger partial charge is 0.407 e. The Kier molecular flexibility index (Phi) is 5.78. The van der Waals surface area contributed by atoms with Gasteiger partial charge >= 0.3 is 6.09 Å². The van der Waals surface area contributed by atoms with E-state index in [1.54, 1.807) is 32.2 Å². The summed E-state index contributed by atoms with van der Waals surface area (Å²) in [5.41, 5.74) is -0.225. The lowest BCUT2D eigenvalue weighted by molar-refractivity contribution is -0.134. The van der Waals surface area contributed by atoms with E-state index in [0.29, 0.717) is 10.4 Å². The van der Waals surface area contributed by atoms with Crippen LogP contribution in [0.2, 0.25) is 0 Å². The Morgan fingerprint density at radius 1 is 1.36 bits per heavy atom. The van der Waals surface area contributed by atoms with Crippen molar-refractivity contribution >= 4 is 35.2 Å². The van der Waals surface area contributed by atoms with E-state index in [-0.39, 0.29) is 25.3 Å². The molecule has 25 heavy (non-hydrogen) atoms. The van der Waals surface area contributed by atoms with Crippen LogP contribution >= 0.6 is 11.3 Å². The van der Waals surface area contributed by atoms with Crippen LogP contribution in [0.5, 0.6) is 0 Å². The van der Waals surface area contributed by atoms with Crippen molar-refractivity contribution in [3.05, 3.63) is 21.9 Å². The molecule has 3 N–H and O–H groups in total. The molecule has 4 amide bonds. The van der Waals surface area contributed by atoms with Crippen LogP contribution < -0.4 is 16.0 Å². The van der Waals surface area contributed by atoms with Gasteiger partial charge in [0.15, 0.2) is 0 Å².